The smallest absolute Gasteiger partial charge is 0.305 e. The van der Waals surface area contributed by atoms with E-state index >= 15 is 0 Å². The molecule has 204 valence electrons. The average molecular weight is 529 g/mol. The molecule has 3 rings (SSSR count). The van der Waals surface area contributed by atoms with E-state index in [0.29, 0.717) is 32.5 Å². The van der Waals surface area contributed by atoms with Crippen molar-refractivity contribution in [2.45, 2.75) is 89.8 Å². The number of carbonyl (C=O) groups excluding carboxylic acids is 1. The van der Waals surface area contributed by atoms with E-state index in [2.05, 4.69) is 45.0 Å². The van der Waals surface area contributed by atoms with Crippen LogP contribution < -0.4 is 10.4 Å². The highest BCUT2D eigenvalue weighted by molar-refractivity contribution is 6.99. The Balaban J connectivity index is 1.93. The van der Waals surface area contributed by atoms with Crippen molar-refractivity contribution in [3.05, 3.63) is 60.7 Å². The van der Waals surface area contributed by atoms with Crippen molar-refractivity contribution in [2.75, 3.05) is 19.8 Å². The average Bonchev–Trinajstić information content (AvgIpc) is 3.17. The van der Waals surface area contributed by atoms with Gasteiger partial charge in [0.2, 0.25) is 0 Å². The lowest BCUT2D eigenvalue weighted by atomic mass is 9.91. The van der Waals surface area contributed by atoms with E-state index in [1.54, 1.807) is 6.92 Å². The van der Waals surface area contributed by atoms with Crippen LogP contribution in [0.1, 0.15) is 67.2 Å². The second kappa shape index (κ2) is 12.2. The van der Waals surface area contributed by atoms with Gasteiger partial charge in [-0.05, 0) is 49.0 Å². The molecule has 2 aromatic carbocycles. The molecule has 0 unspecified atom stereocenters. The second-order valence-corrected chi connectivity index (χ2v) is 15.8. The Kier molecular flexibility index (Phi) is 9.75. The molecule has 0 spiro atoms. The van der Waals surface area contributed by atoms with Crippen LogP contribution in [0.5, 0.6) is 0 Å². The van der Waals surface area contributed by atoms with Crippen molar-refractivity contribution < 1.29 is 28.5 Å². The maximum absolute atomic E-state index is 12.0. The monoisotopic (exact) mass is 528 g/mol. The Morgan fingerprint density at radius 2 is 1.62 bits per heavy atom. The van der Waals surface area contributed by atoms with Crippen LogP contribution in [0, 0.1) is 0 Å². The Labute approximate surface area is 223 Å². The van der Waals surface area contributed by atoms with E-state index in [-0.39, 0.29) is 30.1 Å². The van der Waals surface area contributed by atoms with Gasteiger partial charge in [-0.1, -0.05) is 81.4 Å². The van der Waals surface area contributed by atoms with Crippen LogP contribution in [0.25, 0.3) is 0 Å². The summed E-state index contributed by atoms with van der Waals surface area (Å²) >= 11 is 0. The summed E-state index contributed by atoms with van der Waals surface area (Å²) in [6.07, 6.45) is 1.24. The van der Waals surface area contributed by atoms with E-state index in [1.165, 1.54) is 0 Å². The third-order valence-corrected chi connectivity index (χ3v) is 12.0. The van der Waals surface area contributed by atoms with Crippen LogP contribution in [0.3, 0.4) is 0 Å². The summed E-state index contributed by atoms with van der Waals surface area (Å²) < 4.78 is 24.0. The number of hydrogen-bond donors (Lipinski definition) is 1. The third-order valence-electron chi connectivity index (χ3n) is 6.98. The summed E-state index contributed by atoms with van der Waals surface area (Å²) in [5, 5.41) is 14.1. The van der Waals surface area contributed by atoms with Gasteiger partial charge in [-0.2, -0.15) is 0 Å². The molecule has 0 bridgehead atoms. The van der Waals surface area contributed by atoms with E-state index < -0.39 is 19.7 Å². The van der Waals surface area contributed by atoms with Gasteiger partial charge in [-0.15, -0.1) is 0 Å². The van der Waals surface area contributed by atoms with Crippen LogP contribution in [0.15, 0.2) is 60.7 Å². The van der Waals surface area contributed by atoms with Gasteiger partial charge in [-0.25, -0.2) is 0 Å². The molecule has 1 aliphatic rings. The van der Waals surface area contributed by atoms with Crippen LogP contribution in [-0.2, 0) is 23.4 Å². The minimum absolute atomic E-state index is 0.128. The molecule has 2 atom stereocenters. The van der Waals surface area contributed by atoms with Crippen molar-refractivity contribution in [1.29, 1.82) is 0 Å². The number of rotatable bonds is 12. The number of hydrogen-bond acceptors (Lipinski definition) is 6. The molecule has 1 fully saturated rings. The van der Waals surface area contributed by atoms with Gasteiger partial charge in [0.25, 0.3) is 8.32 Å². The first-order valence-corrected chi connectivity index (χ1v) is 15.3. The minimum Gasteiger partial charge on any atom is -0.466 e. The molecule has 0 radical (unpaired) electrons. The molecule has 1 aliphatic heterocycles. The van der Waals surface area contributed by atoms with E-state index in [4.69, 9.17) is 18.6 Å². The van der Waals surface area contributed by atoms with Crippen molar-refractivity contribution in [2.24, 2.45) is 0 Å². The van der Waals surface area contributed by atoms with Gasteiger partial charge in [0.15, 0.2) is 5.79 Å². The number of ether oxygens (including phenoxy) is 3. The third kappa shape index (κ3) is 7.51. The molecule has 1 N–H and O–H groups in total. The van der Waals surface area contributed by atoms with Gasteiger partial charge >= 0.3 is 5.97 Å². The van der Waals surface area contributed by atoms with E-state index in [1.807, 2.05) is 50.2 Å². The van der Waals surface area contributed by atoms with Crippen LogP contribution in [0.2, 0.25) is 5.04 Å². The van der Waals surface area contributed by atoms with Gasteiger partial charge in [0.05, 0.1) is 31.5 Å². The molecular weight excluding hydrogens is 484 g/mol. The predicted octanol–water partition coefficient (Wildman–Crippen LogP) is 4.57. The number of benzene rings is 2. The Morgan fingerprint density at radius 1 is 1.05 bits per heavy atom. The first-order chi connectivity index (χ1) is 17.4. The van der Waals surface area contributed by atoms with Gasteiger partial charge in [0.1, 0.15) is 0 Å². The highest BCUT2D eigenvalue weighted by Crippen LogP contribution is 2.38. The molecule has 0 aromatic heterocycles. The summed E-state index contributed by atoms with van der Waals surface area (Å²) in [6.45, 7) is 13.1. The molecule has 0 aliphatic carbocycles. The first-order valence-electron chi connectivity index (χ1n) is 13.4. The zero-order valence-corrected chi connectivity index (χ0v) is 24.3. The number of carbonyl (C=O) groups is 1. The van der Waals surface area contributed by atoms with Gasteiger partial charge in [0, 0.05) is 12.8 Å². The predicted molar refractivity (Wildman–Crippen MR) is 149 cm³/mol. The molecule has 1 heterocycles. The van der Waals surface area contributed by atoms with Crippen molar-refractivity contribution in [1.82, 2.24) is 0 Å². The van der Waals surface area contributed by atoms with Crippen LogP contribution >= 0.6 is 0 Å². The van der Waals surface area contributed by atoms with E-state index in [0.717, 1.165) is 10.4 Å². The number of aliphatic hydroxyl groups is 1. The highest BCUT2D eigenvalue weighted by atomic mass is 28.4. The summed E-state index contributed by atoms with van der Waals surface area (Å²) in [4.78, 5) is 12.0. The summed E-state index contributed by atoms with van der Waals surface area (Å²) in [5.41, 5.74) is -1.20. The lowest BCUT2D eigenvalue weighted by Crippen LogP contribution is -2.67. The summed E-state index contributed by atoms with van der Waals surface area (Å²) in [7, 11) is -2.84. The van der Waals surface area contributed by atoms with Crippen LogP contribution in [0.4, 0.5) is 0 Å². The topological polar surface area (TPSA) is 74.2 Å². The molecule has 1 saturated heterocycles. The lowest BCUT2D eigenvalue weighted by Gasteiger charge is -2.45. The lowest BCUT2D eigenvalue weighted by molar-refractivity contribution is -0.148. The molecule has 6 nitrogen and oxygen atoms in total. The zero-order valence-electron chi connectivity index (χ0n) is 23.3. The largest absolute Gasteiger partial charge is 0.466 e. The van der Waals surface area contributed by atoms with Crippen molar-refractivity contribution in [3.8, 4) is 0 Å². The highest BCUT2D eigenvalue weighted by Gasteiger charge is 2.51. The molecule has 0 amide bonds. The summed E-state index contributed by atoms with van der Waals surface area (Å²) in [6, 6.07) is 20.8. The minimum atomic E-state index is -2.84. The molecular formula is C30H44O6Si. The van der Waals surface area contributed by atoms with Crippen molar-refractivity contribution in [3.63, 3.8) is 0 Å². The maximum Gasteiger partial charge on any atom is 0.305 e. The van der Waals surface area contributed by atoms with E-state index in [9.17, 15) is 9.90 Å². The second-order valence-electron chi connectivity index (χ2n) is 11.5. The van der Waals surface area contributed by atoms with Crippen LogP contribution in [-0.4, -0.2) is 56.7 Å². The Hall–Kier alpha value is -2.03. The summed E-state index contributed by atoms with van der Waals surface area (Å²) in [5.74, 6) is -0.936. The Morgan fingerprint density at radius 3 is 2.08 bits per heavy atom. The molecule has 7 heteroatoms. The number of esters is 1. The van der Waals surface area contributed by atoms with Gasteiger partial charge < -0.3 is 23.7 Å². The Bertz CT molecular complexity index is 949. The quantitative estimate of drug-likeness (QED) is 0.321. The zero-order chi connectivity index (χ0) is 27.2. The fourth-order valence-corrected chi connectivity index (χ4v) is 9.96. The normalized spacial score (nSPS) is 19.4. The molecule has 2 aromatic rings. The standard InChI is InChI=1S/C30H44O6Si/c1-7-33-27(31)19-14-20-30(32,21-24-22-34-29(5,6)36-24)23-35-37(28(2,3)4,25-15-10-8-11-16-25)26-17-12-9-13-18-26/h8-13,15-18,24,32H,7,14,19-23H2,1-6H3/t24-,30+/m1/s1. The van der Waals surface area contributed by atoms with Crippen molar-refractivity contribution >= 4 is 24.7 Å². The SMILES string of the molecule is CCOC(=O)CCC[C@@](O)(CO[Si](c1ccccc1)(c1ccccc1)C(C)(C)C)C[C@@H]1COC(C)(C)O1. The fourth-order valence-electron chi connectivity index (χ4n) is 5.32. The molecule has 0 saturated carbocycles. The van der Waals surface area contributed by atoms with Gasteiger partial charge in [-0.3, -0.25) is 4.79 Å². The maximum atomic E-state index is 12.0. The first kappa shape index (κ1) is 29.5. The molecule has 37 heavy (non-hydrogen) atoms. The fraction of sp³-hybridized carbons (Fsp3) is 0.567.